The minimum absolute atomic E-state index is 0.184. The van der Waals surface area contributed by atoms with Crippen LogP contribution < -0.4 is 19.7 Å². The van der Waals surface area contributed by atoms with Gasteiger partial charge in [-0.1, -0.05) is 31.5 Å². The second-order valence-corrected chi connectivity index (χ2v) is 9.07. The Kier molecular flexibility index (Phi) is 6.86. The van der Waals surface area contributed by atoms with E-state index in [9.17, 15) is 19.2 Å². The summed E-state index contributed by atoms with van der Waals surface area (Å²) >= 11 is 0. The van der Waals surface area contributed by atoms with Gasteiger partial charge in [0, 0.05) is 11.6 Å². The molecule has 1 N–H and O–H groups in total. The molecule has 0 unspecified atom stereocenters. The lowest BCUT2D eigenvalue weighted by Gasteiger charge is -2.32. The molecule has 0 spiro atoms. The summed E-state index contributed by atoms with van der Waals surface area (Å²) in [6.45, 7) is 3.32. The molecular formula is C27H30N2O7. The zero-order chi connectivity index (χ0) is 26.2. The topological polar surface area (TPSA) is 111 Å². The maximum Gasteiger partial charge on any atom is 0.326 e. The van der Waals surface area contributed by atoms with Gasteiger partial charge in [0.25, 0.3) is 0 Å². The zero-order valence-electron chi connectivity index (χ0n) is 21.0. The predicted molar refractivity (Wildman–Crippen MR) is 131 cm³/mol. The van der Waals surface area contributed by atoms with Crippen molar-refractivity contribution in [2.24, 2.45) is 11.8 Å². The van der Waals surface area contributed by atoms with Crippen molar-refractivity contribution in [1.82, 2.24) is 5.32 Å². The van der Waals surface area contributed by atoms with Crippen LogP contribution in [0.2, 0.25) is 0 Å². The number of esters is 1. The average Bonchev–Trinajstić information content (AvgIpc) is 3.37. The molecule has 2 saturated heterocycles. The molecule has 2 aromatic carbocycles. The van der Waals surface area contributed by atoms with Gasteiger partial charge in [0.2, 0.25) is 11.8 Å². The quantitative estimate of drug-likeness (QED) is 0.339. The van der Waals surface area contributed by atoms with E-state index in [1.807, 2.05) is 6.92 Å². The summed E-state index contributed by atoms with van der Waals surface area (Å²) < 4.78 is 16.0. The fourth-order valence-electron chi connectivity index (χ4n) is 5.55. The number of benzene rings is 2. The number of nitrogens with zero attached hydrogens (tertiary/aromatic N) is 1. The molecule has 0 aromatic heterocycles. The molecule has 9 heteroatoms. The van der Waals surface area contributed by atoms with Crippen molar-refractivity contribution in [3.05, 3.63) is 53.6 Å². The van der Waals surface area contributed by atoms with Gasteiger partial charge in [-0.2, -0.15) is 0 Å². The Morgan fingerprint density at radius 2 is 1.72 bits per heavy atom. The summed E-state index contributed by atoms with van der Waals surface area (Å²) in [5, 5.41) is 3.33. The SMILES string of the molecule is CCC[C@@]1(C(=O)OC)N[C@@H](c2ccc(OC)c(OC)c2)[C@H]2C(=O)N(c3cccc(C(C)=O)c3)C(=O)[C@H]21. The molecule has 0 bridgehead atoms. The number of hydrogen-bond donors (Lipinski definition) is 1. The molecule has 2 aliphatic heterocycles. The first-order chi connectivity index (χ1) is 17.2. The molecule has 2 amide bonds. The molecule has 4 atom stereocenters. The van der Waals surface area contributed by atoms with Gasteiger partial charge in [0.1, 0.15) is 5.54 Å². The number of amides is 2. The summed E-state index contributed by atoms with van der Waals surface area (Å²) in [6.07, 6.45) is 0.871. The lowest BCUT2D eigenvalue weighted by Crippen LogP contribution is -2.56. The van der Waals surface area contributed by atoms with Gasteiger partial charge in [-0.25, -0.2) is 4.90 Å². The van der Waals surface area contributed by atoms with E-state index < -0.39 is 41.2 Å². The van der Waals surface area contributed by atoms with E-state index >= 15 is 0 Å². The van der Waals surface area contributed by atoms with Gasteiger partial charge in [0.15, 0.2) is 17.3 Å². The Bertz CT molecular complexity index is 1230. The summed E-state index contributed by atoms with van der Waals surface area (Å²) in [6, 6.07) is 11.0. The standard InChI is InChI=1S/C27H30N2O7/c1-6-12-27(26(33)36-5)22-21(23(28-27)17-10-11-19(34-3)20(14-17)35-4)24(31)29(25(22)32)18-9-7-8-16(13-18)15(2)30/h7-11,13-14,21-23,28H,6,12H2,1-5H3/t21-,22-,23-,27+/m0/s1. The van der Waals surface area contributed by atoms with Crippen LogP contribution in [0.5, 0.6) is 11.5 Å². The van der Waals surface area contributed by atoms with Crippen molar-refractivity contribution in [1.29, 1.82) is 0 Å². The van der Waals surface area contributed by atoms with Gasteiger partial charge >= 0.3 is 5.97 Å². The molecule has 190 valence electrons. The van der Waals surface area contributed by atoms with E-state index in [0.717, 1.165) is 4.90 Å². The maximum atomic E-state index is 13.9. The second kappa shape index (κ2) is 9.73. The van der Waals surface area contributed by atoms with Crippen molar-refractivity contribution < 1.29 is 33.4 Å². The summed E-state index contributed by atoms with van der Waals surface area (Å²) in [5.41, 5.74) is -0.0444. The van der Waals surface area contributed by atoms with Crippen molar-refractivity contribution in [2.75, 3.05) is 26.2 Å². The first-order valence-corrected chi connectivity index (χ1v) is 11.8. The highest BCUT2D eigenvalue weighted by molar-refractivity contribution is 6.24. The number of ether oxygens (including phenoxy) is 3. The van der Waals surface area contributed by atoms with E-state index in [4.69, 9.17) is 14.2 Å². The van der Waals surface area contributed by atoms with Gasteiger partial charge in [-0.3, -0.25) is 24.5 Å². The molecule has 2 aromatic rings. The number of nitrogens with one attached hydrogen (secondary N) is 1. The minimum Gasteiger partial charge on any atom is -0.493 e. The number of fused-ring (bicyclic) bond motifs is 1. The highest BCUT2D eigenvalue weighted by Gasteiger charge is 2.68. The van der Waals surface area contributed by atoms with E-state index in [2.05, 4.69) is 5.32 Å². The molecule has 0 radical (unpaired) electrons. The molecule has 2 heterocycles. The Hall–Kier alpha value is -3.72. The number of anilines is 1. The van der Waals surface area contributed by atoms with Crippen molar-refractivity contribution in [3.63, 3.8) is 0 Å². The van der Waals surface area contributed by atoms with Crippen molar-refractivity contribution >= 4 is 29.3 Å². The van der Waals surface area contributed by atoms with Gasteiger partial charge < -0.3 is 14.2 Å². The van der Waals surface area contributed by atoms with Crippen LogP contribution in [0.3, 0.4) is 0 Å². The first-order valence-electron chi connectivity index (χ1n) is 11.8. The van der Waals surface area contributed by atoms with Crippen molar-refractivity contribution in [2.45, 2.75) is 38.3 Å². The Morgan fingerprint density at radius 1 is 1.00 bits per heavy atom. The summed E-state index contributed by atoms with van der Waals surface area (Å²) in [4.78, 5) is 54.1. The number of ketones is 1. The third-order valence-electron chi connectivity index (χ3n) is 7.13. The monoisotopic (exact) mass is 494 g/mol. The zero-order valence-corrected chi connectivity index (χ0v) is 21.0. The van der Waals surface area contributed by atoms with Crippen LogP contribution >= 0.6 is 0 Å². The number of methoxy groups -OCH3 is 3. The number of carbonyl (C=O) groups is 4. The molecule has 36 heavy (non-hydrogen) atoms. The Labute approximate surface area is 209 Å². The molecule has 2 aliphatic rings. The maximum absolute atomic E-state index is 13.9. The van der Waals surface area contributed by atoms with E-state index in [0.29, 0.717) is 41.2 Å². The van der Waals surface area contributed by atoms with Crippen molar-refractivity contribution in [3.8, 4) is 11.5 Å². The summed E-state index contributed by atoms with van der Waals surface area (Å²) in [5.74, 6) is -2.61. The van der Waals surface area contributed by atoms with Gasteiger partial charge in [-0.15, -0.1) is 0 Å². The minimum atomic E-state index is -1.40. The Balaban J connectivity index is 1.88. The largest absolute Gasteiger partial charge is 0.493 e. The number of imide groups is 1. The number of hydrogen-bond acceptors (Lipinski definition) is 8. The van der Waals surface area contributed by atoms with Crippen LogP contribution in [-0.2, 0) is 19.1 Å². The lowest BCUT2D eigenvalue weighted by atomic mass is 9.77. The van der Waals surface area contributed by atoms with Gasteiger partial charge in [-0.05, 0) is 43.2 Å². The fourth-order valence-corrected chi connectivity index (χ4v) is 5.55. The molecule has 0 saturated carbocycles. The summed E-state index contributed by atoms with van der Waals surface area (Å²) in [7, 11) is 4.31. The molecule has 0 aliphatic carbocycles. The van der Waals surface area contributed by atoms with Gasteiger partial charge in [0.05, 0.1) is 38.9 Å². The third kappa shape index (κ3) is 3.83. The molecular weight excluding hydrogens is 464 g/mol. The van der Waals surface area contributed by atoms with E-state index in [1.165, 1.54) is 34.3 Å². The average molecular weight is 495 g/mol. The normalized spacial score (nSPS) is 25.0. The highest BCUT2D eigenvalue weighted by atomic mass is 16.5. The number of Topliss-reactive ketones (excluding diaryl/α,β-unsaturated/α-hetero) is 1. The predicted octanol–water partition coefficient (Wildman–Crippen LogP) is 3.07. The second-order valence-electron chi connectivity index (χ2n) is 9.07. The third-order valence-corrected chi connectivity index (χ3v) is 7.13. The Morgan fingerprint density at radius 3 is 2.33 bits per heavy atom. The highest BCUT2D eigenvalue weighted by Crippen LogP contribution is 2.52. The number of carbonyl (C=O) groups excluding carboxylic acids is 4. The fraction of sp³-hybridized carbons (Fsp3) is 0.407. The van der Waals surface area contributed by atoms with E-state index in [-0.39, 0.29) is 5.78 Å². The molecule has 4 rings (SSSR count). The van der Waals surface area contributed by atoms with Crippen LogP contribution in [-0.4, -0.2) is 50.4 Å². The molecule has 9 nitrogen and oxygen atoms in total. The van der Waals surface area contributed by atoms with Crippen LogP contribution in [0.25, 0.3) is 0 Å². The van der Waals surface area contributed by atoms with Crippen LogP contribution in [0, 0.1) is 11.8 Å². The number of rotatable bonds is 8. The van der Waals surface area contributed by atoms with E-state index in [1.54, 1.807) is 36.4 Å². The van der Waals surface area contributed by atoms with Crippen LogP contribution in [0.1, 0.15) is 48.7 Å². The molecule has 2 fully saturated rings. The first kappa shape index (κ1) is 25.4. The lowest BCUT2D eigenvalue weighted by molar-refractivity contribution is -0.152. The van der Waals surface area contributed by atoms with Crippen LogP contribution in [0.15, 0.2) is 42.5 Å². The van der Waals surface area contributed by atoms with Crippen LogP contribution in [0.4, 0.5) is 5.69 Å². The smallest absolute Gasteiger partial charge is 0.326 e.